The molecule has 1 aliphatic rings. The first-order valence-electron chi connectivity index (χ1n) is 6.54. The Morgan fingerprint density at radius 1 is 1.20 bits per heavy atom. The maximum Gasteiger partial charge on any atom is 0.263 e. The van der Waals surface area contributed by atoms with Gasteiger partial charge in [-0.05, 0) is 56.4 Å². The van der Waals surface area contributed by atoms with Gasteiger partial charge in [-0.25, -0.2) is 13.4 Å². The summed E-state index contributed by atoms with van der Waals surface area (Å²) in [6.45, 7) is 3.87. The Balaban J connectivity index is 1.89. The van der Waals surface area contributed by atoms with Gasteiger partial charge in [-0.2, -0.15) is 0 Å². The van der Waals surface area contributed by atoms with E-state index in [9.17, 15) is 8.42 Å². The van der Waals surface area contributed by atoms with E-state index in [0.717, 1.165) is 36.1 Å². The third-order valence-corrected chi connectivity index (χ3v) is 6.14. The number of rotatable bonds is 3. The van der Waals surface area contributed by atoms with Gasteiger partial charge in [-0.1, -0.05) is 6.07 Å². The van der Waals surface area contributed by atoms with Crippen molar-refractivity contribution in [3.8, 4) is 0 Å². The highest BCUT2D eigenvalue weighted by atomic mass is 32.2. The molecule has 1 aliphatic carbocycles. The lowest BCUT2D eigenvalue weighted by Crippen LogP contribution is -2.13. The van der Waals surface area contributed by atoms with Crippen molar-refractivity contribution in [1.82, 2.24) is 4.98 Å². The maximum atomic E-state index is 12.3. The molecule has 1 aromatic heterocycles. The summed E-state index contributed by atoms with van der Waals surface area (Å²) < 4.78 is 27.3. The molecule has 106 valence electrons. The molecule has 4 nitrogen and oxygen atoms in total. The van der Waals surface area contributed by atoms with E-state index < -0.39 is 10.0 Å². The van der Waals surface area contributed by atoms with E-state index in [0.29, 0.717) is 5.13 Å². The molecule has 0 radical (unpaired) electrons. The fourth-order valence-electron chi connectivity index (χ4n) is 2.29. The summed E-state index contributed by atoms with van der Waals surface area (Å²) in [7, 11) is -3.54. The molecule has 0 saturated carbocycles. The van der Waals surface area contributed by atoms with Crippen molar-refractivity contribution in [2.75, 3.05) is 4.72 Å². The van der Waals surface area contributed by atoms with Gasteiger partial charge < -0.3 is 0 Å². The topological polar surface area (TPSA) is 59.1 Å². The van der Waals surface area contributed by atoms with Gasteiger partial charge in [0.1, 0.15) is 0 Å². The third kappa shape index (κ3) is 2.45. The molecule has 0 amide bonds. The third-order valence-electron chi connectivity index (χ3n) is 3.61. The SMILES string of the molecule is Cc1ccc(S(=O)(=O)Nc2nc3c(s2)CCC3)cc1C. The minimum absolute atomic E-state index is 0.288. The van der Waals surface area contributed by atoms with E-state index in [1.807, 2.05) is 19.9 Å². The highest BCUT2D eigenvalue weighted by molar-refractivity contribution is 7.93. The Hall–Kier alpha value is -1.40. The van der Waals surface area contributed by atoms with Crippen LogP contribution in [0.15, 0.2) is 23.1 Å². The smallest absolute Gasteiger partial charge is 0.255 e. The predicted molar refractivity (Wildman–Crippen MR) is 80.9 cm³/mol. The van der Waals surface area contributed by atoms with Gasteiger partial charge in [0.2, 0.25) is 0 Å². The number of thiazole rings is 1. The summed E-state index contributed by atoms with van der Waals surface area (Å²) >= 11 is 1.45. The van der Waals surface area contributed by atoms with Gasteiger partial charge >= 0.3 is 0 Å². The van der Waals surface area contributed by atoms with Crippen molar-refractivity contribution in [2.24, 2.45) is 0 Å². The lowest BCUT2D eigenvalue weighted by atomic mass is 10.1. The second-order valence-corrected chi connectivity index (χ2v) is 7.86. The lowest BCUT2D eigenvalue weighted by Gasteiger charge is -2.07. The summed E-state index contributed by atoms with van der Waals surface area (Å²) in [5.74, 6) is 0. The highest BCUT2D eigenvalue weighted by Crippen LogP contribution is 2.31. The summed E-state index contributed by atoms with van der Waals surface area (Å²) in [6.07, 6.45) is 3.09. The van der Waals surface area contributed by atoms with Gasteiger partial charge in [0.05, 0.1) is 10.6 Å². The van der Waals surface area contributed by atoms with Crippen molar-refractivity contribution in [3.63, 3.8) is 0 Å². The highest BCUT2D eigenvalue weighted by Gasteiger charge is 2.21. The fourth-order valence-corrected chi connectivity index (χ4v) is 4.66. The normalized spacial score (nSPS) is 14.3. The molecule has 0 bridgehead atoms. The molecule has 20 heavy (non-hydrogen) atoms. The molecule has 1 N–H and O–H groups in total. The van der Waals surface area contributed by atoms with Crippen LogP contribution in [0.5, 0.6) is 0 Å². The standard InChI is InChI=1S/C14H16N2O2S2/c1-9-6-7-11(8-10(9)2)20(17,18)16-14-15-12-4-3-5-13(12)19-14/h6-8H,3-5H2,1-2H3,(H,15,16). The van der Waals surface area contributed by atoms with Crippen LogP contribution in [0.25, 0.3) is 0 Å². The average Bonchev–Trinajstić information content (AvgIpc) is 2.92. The Kier molecular flexibility index (Phi) is 3.30. The number of benzene rings is 1. The number of hydrogen-bond donors (Lipinski definition) is 1. The van der Waals surface area contributed by atoms with Crippen LogP contribution < -0.4 is 4.72 Å². The van der Waals surface area contributed by atoms with E-state index in [-0.39, 0.29) is 4.90 Å². The van der Waals surface area contributed by atoms with Crippen LogP contribution in [0, 0.1) is 13.8 Å². The molecule has 0 aliphatic heterocycles. The minimum Gasteiger partial charge on any atom is -0.255 e. The van der Waals surface area contributed by atoms with Crippen LogP contribution in [0.4, 0.5) is 5.13 Å². The number of anilines is 1. The number of nitrogens with one attached hydrogen (secondary N) is 1. The molecule has 0 spiro atoms. The summed E-state index contributed by atoms with van der Waals surface area (Å²) in [5, 5.41) is 0.480. The fraction of sp³-hybridized carbons (Fsp3) is 0.357. The number of sulfonamides is 1. The van der Waals surface area contributed by atoms with Crippen LogP contribution in [-0.4, -0.2) is 13.4 Å². The average molecular weight is 308 g/mol. The van der Waals surface area contributed by atoms with Crippen molar-refractivity contribution in [2.45, 2.75) is 38.0 Å². The van der Waals surface area contributed by atoms with Crippen LogP contribution in [0.2, 0.25) is 0 Å². The monoisotopic (exact) mass is 308 g/mol. The zero-order chi connectivity index (χ0) is 14.3. The lowest BCUT2D eigenvalue weighted by molar-refractivity contribution is 0.601. The minimum atomic E-state index is -3.54. The van der Waals surface area contributed by atoms with Gasteiger partial charge in [0.25, 0.3) is 10.0 Å². The zero-order valence-electron chi connectivity index (χ0n) is 11.4. The Bertz CT molecular complexity index is 742. The molecule has 0 atom stereocenters. The largest absolute Gasteiger partial charge is 0.263 e. The van der Waals surface area contributed by atoms with E-state index in [4.69, 9.17) is 0 Å². The van der Waals surface area contributed by atoms with Crippen LogP contribution in [0.3, 0.4) is 0 Å². The molecular weight excluding hydrogens is 292 g/mol. The second kappa shape index (κ2) is 4.86. The van der Waals surface area contributed by atoms with E-state index in [1.54, 1.807) is 12.1 Å². The van der Waals surface area contributed by atoms with Gasteiger partial charge in [0.15, 0.2) is 5.13 Å². The molecule has 6 heteroatoms. The van der Waals surface area contributed by atoms with Crippen molar-refractivity contribution in [3.05, 3.63) is 39.9 Å². The molecule has 0 saturated heterocycles. The van der Waals surface area contributed by atoms with E-state index >= 15 is 0 Å². The Morgan fingerprint density at radius 3 is 2.70 bits per heavy atom. The zero-order valence-corrected chi connectivity index (χ0v) is 13.1. The number of nitrogens with zero attached hydrogens (tertiary/aromatic N) is 1. The summed E-state index contributed by atoms with van der Waals surface area (Å²) in [4.78, 5) is 5.87. The molecular formula is C14H16N2O2S2. The van der Waals surface area contributed by atoms with Crippen LogP contribution >= 0.6 is 11.3 Å². The Labute approximate surface area is 122 Å². The molecule has 0 fully saturated rings. The summed E-state index contributed by atoms with van der Waals surface area (Å²) in [5.41, 5.74) is 3.10. The number of aryl methyl sites for hydroxylation is 4. The maximum absolute atomic E-state index is 12.3. The number of hydrogen-bond acceptors (Lipinski definition) is 4. The molecule has 1 aromatic carbocycles. The summed E-state index contributed by atoms with van der Waals surface area (Å²) in [6, 6.07) is 5.15. The van der Waals surface area contributed by atoms with Crippen molar-refractivity contribution in [1.29, 1.82) is 0 Å². The second-order valence-electron chi connectivity index (χ2n) is 5.09. The van der Waals surface area contributed by atoms with Crippen LogP contribution in [-0.2, 0) is 22.9 Å². The van der Waals surface area contributed by atoms with Crippen molar-refractivity contribution >= 4 is 26.5 Å². The van der Waals surface area contributed by atoms with Crippen molar-refractivity contribution < 1.29 is 8.42 Å². The van der Waals surface area contributed by atoms with E-state index in [1.165, 1.54) is 16.2 Å². The number of aromatic nitrogens is 1. The molecule has 2 aromatic rings. The molecule has 0 unspecified atom stereocenters. The van der Waals surface area contributed by atoms with Gasteiger partial charge in [0, 0.05) is 4.88 Å². The first-order chi connectivity index (χ1) is 9.45. The van der Waals surface area contributed by atoms with Gasteiger partial charge in [-0.15, -0.1) is 11.3 Å². The predicted octanol–water partition coefficient (Wildman–Crippen LogP) is 3.05. The molecule has 1 heterocycles. The molecule has 3 rings (SSSR count). The quantitative estimate of drug-likeness (QED) is 0.948. The van der Waals surface area contributed by atoms with E-state index in [2.05, 4.69) is 9.71 Å². The Morgan fingerprint density at radius 2 is 2.00 bits per heavy atom. The number of fused-ring (bicyclic) bond motifs is 1. The first kappa shape index (κ1) is 13.6. The van der Waals surface area contributed by atoms with Crippen LogP contribution in [0.1, 0.15) is 28.1 Å². The van der Waals surface area contributed by atoms with Gasteiger partial charge in [-0.3, -0.25) is 4.72 Å². The first-order valence-corrected chi connectivity index (χ1v) is 8.84.